The van der Waals surface area contributed by atoms with Gasteiger partial charge < -0.3 is 0 Å². The lowest BCUT2D eigenvalue weighted by Gasteiger charge is -2.24. The van der Waals surface area contributed by atoms with Crippen LogP contribution in [0.15, 0.2) is 59.7 Å². The van der Waals surface area contributed by atoms with E-state index in [4.69, 9.17) is 11.6 Å². The van der Waals surface area contributed by atoms with Gasteiger partial charge >= 0.3 is 0 Å². The normalized spacial score (nSPS) is 17.4. The Morgan fingerprint density at radius 1 is 1.11 bits per heavy atom. The number of nitriles is 2. The second-order valence-electron chi connectivity index (χ2n) is 6.41. The van der Waals surface area contributed by atoms with Crippen molar-refractivity contribution in [2.45, 2.75) is 19.4 Å². The molecule has 3 rings (SSSR count). The molecule has 2 aromatic carbocycles. The van der Waals surface area contributed by atoms with Crippen molar-refractivity contribution in [1.29, 1.82) is 10.5 Å². The SMILES string of the molecule is CC1=NN(Cc2ccccc2)C(=O)[C@@H]1[C@@H](c1ccc(Cl)cc1)C(C#N)C#N. The van der Waals surface area contributed by atoms with Crippen LogP contribution < -0.4 is 0 Å². The molecule has 5 nitrogen and oxygen atoms in total. The first-order valence-electron chi connectivity index (χ1n) is 8.50. The highest BCUT2D eigenvalue weighted by atomic mass is 35.5. The van der Waals surface area contributed by atoms with Crippen LogP contribution >= 0.6 is 11.6 Å². The lowest BCUT2D eigenvalue weighted by Crippen LogP contribution is -2.34. The summed E-state index contributed by atoms with van der Waals surface area (Å²) in [6.45, 7) is 2.12. The van der Waals surface area contributed by atoms with E-state index >= 15 is 0 Å². The van der Waals surface area contributed by atoms with E-state index in [0.717, 1.165) is 11.1 Å². The number of hydrogen-bond donors (Lipinski definition) is 0. The van der Waals surface area contributed by atoms with Crippen LogP contribution in [0.4, 0.5) is 0 Å². The quantitative estimate of drug-likeness (QED) is 0.787. The van der Waals surface area contributed by atoms with Gasteiger partial charge in [0.2, 0.25) is 0 Å². The molecule has 0 N–H and O–H groups in total. The van der Waals surface area contributed by atoms with Crippen LogP contribution in [0.25, 0.3) is 0 Å². The zero-order chi connectivity index (χ0) is 19.4. The molecule has 1 aliphatic heterocycles. The summed E-state index contributed by atoms with van der Waals surface area (Å²) in [4.78, 5) is 13.1. The molecule has 0 unspecified atom stereocenters. The number of carbonyl (C=O) groups is 1. The molecule has 6 heteroatoms. The fourth-order valence-electron chi connectivity index (χ4n) is 3.38. The van der Waals surface area contributed by atoms with Gasteiger partial charge in [-0.05, 0) is 30.2 Å². The molecule has 0 aromatic heterocycles. The fraction of sp³-hybridized carbons (Fsp3) is 0.238. The van der Waals surface area contributed by atoms with Gasteiger partial charge in [0, 0.05) is 16.7 Å². The van der Waals surface area contributed by atoms with Crippen LogP contribution in [0.3, 0.4) is 0 Å². The number of hydrazone groups is 1. The van der Waals surface area contributed by atoms with E-state index in [0.29, 0.717) is 17.3 Å². The molecular formula is C21H17ClN4O. The van der Waals surface area contributed by atoms with E-state index in [1.54, 1.807) is 31.2 Å². The summed E-state index contributed by atoms with van der Waals surface area (Å²) in [7, 11) is 0. The summed E-state index contributed by atoms with van der Waals surface area (Å²) >= 11 is 5.97. The van der Waals surface area contributed by atoms with Crippen molar-refractivity contribution in [3.63, 3.8) is 0 Å². The first kappa shape index (κ1) is 18.6. The van der Waals surface area contributed by atoms with E-state index in [1.807, 2.05) is 42.5 Å². The summed E-state index contributed by atoms with van der Waals surface area (Å²) < 4.78 is 0. The van der Waals surface area contributed by atoms with Crippen molar-refractivity contribution in [1.82, 2.24) is 5.01 Å². The lowest BCUT2D eigenvalue weighted by atomic mass is 9.76. The summed E-state index contributed by atoms with van der Waals surface area (Å²) in [5.74, 6) is -2.43. The maximum Gasteiger partial charge on any atom is 0.252 e. The van der Waals surface area contributed by atoms with Gasteiger partial charge in [0.15, 0.2) is 0 Å². The average molecular weight is 377 g/mol. The minimum absolute atomic E-state index is 0.202. The third-order valence-electron chi connectivity index (χ3n) is 4.68. The average Bonchev–Trinajstić information content (AvgIpc) is 2.95. The lowest BCUT2D eigenvalue weighted by molar-refractivity contribution is -0.133. The molecule has 1 aliphatic rings. The topological polar surface area (TPSA) is 80.2 Å². The molecule has 0 spiro atoms. The van der Waals surface area contributed by atoms with Gasteiger partial charge in [-0.15, -0.1) is 0 Å². The second kappa shape index (κ2) is 8.03. The summed E-state index contributed by atoms with van der Waals surface area (Å²) in [6, 6.07) is 20.5. The van der Waals surface area contributed by atoms with Crippen molar-refractivity contribution in [2.24, 2.45) is 16.9 Å². The highest BCUT2D eigenvalue weighted by molar-refractivity contribution is 6.30. The third-order valence-corrected chi connectivity index (χ3v) is 4.93. The Balaban J connectivity index is 1.94. The first-order valence-corrected chi connectivity index (χ1v) is 8.88. The van der Waals surface area contributed by atoms with E-state index in [2.05, 4.69) is 5.10 Å². The smallest absolute Gasteiger partial charge is 0.252 e. The van der Waals surface area contributed by atoms with Crippen molar-refractivity contribution in [2.75, 3.05) is 0 Å². The molecule has 1 heterocycles. The van der Waals surface area contributed by atoms with Crippen molar-refractivity contribution >= 4 is 23.2 Å². The number of halogens is 1. The van der Waals surface area contributed by atoms with Crippen molar-refractivity contribution in [3.05, 3.63) is 70.7 Å². The molecule has 0 bridgehead atoms. The van der Waals surface area contributed by atoms with Crippen LogP contribution in [0.5, 0.6) is 0 Å². The molecule has 134 valence electrons. The standard InChI is InChI=1S/C21H17ClN4O/c1-14-19(21(27)26(25-14)13-15-5-3-2-4-6-15)20(17(11-23)12-24)16-7-9-18(22)10-8-16/h2-10,17,19-20H,13H2,1H3/t19-,20-/m0/s1. The molecular weight excluding hydrogens is 360 g/mol. The van der Waals surface area contributed by atoms with E-state index in [1.165, 1.54) is 5.01 Å². The second-order valence-corrected chi connectivity index (χ2v) is 6.85. The van der Waals surface area contributed by atoms with E-state index in [-0.39, 0.29) is 5.91 Å². The largest absolute Gasteiger partial charge is 0.272 e. The number of carbonyl (C=O) groups excluding carboxylic acids is 1. The number of rotatable bonds is 5. The molecule has 2 atom stereocenters. The molecule has 0 radical (unpaired) electrons. The highest BCUT2D eigenvalue weighted by Crippen LogP contribution is 2.37. The Morgan fingerprint density at radius 2 is 1.74 bits per heavy atom. The minimum atomic E-state index is -0.970. The molecule has 27 heavy (non-hydrogen) atoms. The van der Waals surface area contributed by atoms with Crippen LogP contribution in [-0.4, -0.2) is 16.6 Å². The summed E-state index contributed by atoms with van der Waals surface area (Å²) in [6.07, 6.45) is 0. The highest BCUT2D eigenvalue weighted by Gasteiger charge is 2.43. The molecule has 0 aliphatic carbocycles. The van der Waals surface area contributed by atoms with Gasteiger partial charge in [0.1, 0.15) is 5.92 Å². The molecule has 0 saturated carbocycles. The Morgan fingerprint density at radius 3 is 2.33 bits per heavy atom. The van der Waals surface area contributed by atoms with Crippen LogP contribution in [0.2, 0.25) is 5.02 Å². The molecule has 0 saturated heterocycles. The summed E-state index contributed by atoms with van der Waals surface area (Å²) in [5.41, 5.74) is 2.29. The molecule has 2 aromatic rings. The van der Waals surface area contributed by atoms with E-state index < -0.39 is 17.8 Å². The number of nitrogens with zero attached hydrogens (tertiary/aromatic N) is 4. The predicted molar refractivity (Wildman–Crippen MR) is 103 cm³/mol. The molecule has 1 amide bonds. The van der Waals surface area contributed by atoms with Crippen molar-refractivity contribution < 1.29 is 4.79 Å². The Kier molecular flexibility index (Phi) is 5.54. The number of benzene rings is 2. The first-order chi connectivity index (χ1) is 13.0. The van der Waals surface area contributed by atoms with Gasteiger partial charge in [-0.25, -0.2) is 5.01 Å². The van der Waals surface area contributed by atoms with Crippen LogP contribution in [-0.2, 0) is 11.3 Å². The van der Waals surface area contributed by atoms with Crippen LogP contribution in [0.1, 0.15) is 24.0 Å². The Labute approximate surface area is 163 Å². The van der Waals surface area contributed by atoms with E-state index in [9.17, 15) is 15.3 Å². The zero-order valence-corrected chi connectivity index (χ0v) is 15.5. The van der Waals surface area contributed by atoms with Gasteiger partial charge in [-0.2, -0.15) is 15.6 Å². The number of hydrogen-bond acceptors (Lipinski definition) is 4. The van der Waals surface area contributed by atoms with Crippen LogP contribution in [0, 0.1) is 34.5 Å². The Hall–Kier alpha value is -3.15. The van der Waals surface area contributed by atoms with Crippen molar-refractivity contribution in [3.8, 4) is 12.1 Å². The minimum Gasteiger partial charge on any atom is -0.272 e. The molecule has 0 fully saturated rings. The van der Waals surface area contributed by atoms with Gasteiger partial charge in [-0.3, -0.25) is 4.79 Å². The maximum atomic E-state index is 13.1. The maximum absolute atomic E-state index is 13.1. The monoisotopic (exact) mass is 376 g/mol. The predicted octanol–water partition coefficient (Wildman–Crippen LogP) is 4.12. The van der Waals surface area contributed by atoms with Gasteiger partial charge in [-0.1, -0.05) is 54.1 Å². The Bertz CT molecular complexity index is 927. The van der Waals surface area contributed by atoms with Gasteiger partial charge in [0.25, 0.3) is 5.91 Å². The fourth-order valence-corrected chi connectivity index (χ4v) is 3.50. The zero-order valence-electron chi connectivity index (χ0n) is 14.7. The van der Waals surface area contributed by atoms with Gasteiger partial charge in [0.05, 0.1) is 24.6 Å². The summed E-state index contributed by atoms with van der Waals surface area (Å²) in [5, 5.41) is 25.4. The third kappa shape index (κ3) is 3.84. The number of amides is 1.